The van der Waals surface area contributed by atoms with Crippen molar-refractivity contribution in [3.8, 4) is 0 Å². The second-order valence-corrected chi connectivity index (χ2v) is 3.68. The number of carbonyl (C=O) groups excluding carboxylic acids is 1. The van der Waals surface area contributed by atoms with Gasteiger partial charge in [0.2, 0.25) is 5.91 Å². The number of amides is 1. The number of H-pyrrole nitrogens is 1. The molecular weight excluding hydrogens is 200 g/mol. The molecule has 1 heterocycles. The van der Waals surface area contributed by atoms with Crippen LogP contribution in [0.15, 0.2) is 48.8 Å². The summed E-state index contributed by atoms with van der Waals surface area (Å²) < 4.78 is 0. The van der Waals surface area contributed by atoms with Crippen LogP contribution in [0.4, 0.5) is 5.69 Å². The highest BCUT2D eigenvalue weighted by atomic mass is 16.2. The molecule has 3 heteroatoms. The first kappa shape index (κ1) is 10.5. The second-order valence-electron chi connectivity index (χ2n) is 3.68. The van der Waals surface area contributed by atoms with Crippen LogP contribution >= 0.6 is 0 Å². The molecule has 0 spiro atoms. The summed E-state index contributed by atoms with van der Waals surface area (Å²) in [6.45, 7) is 0. The van der Waals surface area contributed by atoms with Crippen molar-refractivity contribution in [3.05, 3.63) is 54.4 Å². The van der Waals surface area contributed by atoms with Gasteiger partial charge in [0, 0.05) is 25.1 Å². The molecule has 1 aromatic heterocycles. The first-order chi connectivity index (χ1) is 7.77. The van der Waals surface area contributed by atoms with Crippen LogP contribution < -0.4 is 4.90 Å². The molecule has 1 N–H and O–H groups in total. The van der Waals surface area contributed by atoms with Crippen LogP contribution in [0.3, 0.4) is 0 Å². The molecule has 1 aromatic carbocycles. The van der Waals surface area contributed by atoms with Gasteiger partial charge < -0.3 is 9.88 Å². The fraction of sp³-hybridized carbons (Fsp3) is 0.154. The molecule has 2 rings (SSSR count). The molecule has 0 atom stereocenters. The van der Waals surface area contributed by atoms with Crippen molar-refractivity contribution >= 4 is 11.6 Å². The van der Waals surface area contributed by atoms with Crippen LogP contribution in [0.5, 0.6) is 0 Å². The maximum atomic E-state index is 11.9. The molecule has 0 radical (unpaired) electrons. The molecule has 0 bridgehead atoms. The van der Waals surface area contributed by atoms with E-state index in [0.717, 1.165) is 11.3 Å². The number of aromatic amines is 1. The molecule has 0 saturated carbocycles. The summed E-state index contributed by atoms with van der Waals surface area (Å²) in [5.74, 6) is 0.0887. The zero-order valence-electron chi connectivity index (χ0n) is 9.18. The van der Waals surface area contributed by atoms with Crippen LogP contribution in [-0.4, -0.2) is 17.9 Å². The van der Waals surface area contributed by atoms with Crippen molar-refractivity contribution in [2.75, 3.05) is 11.9 Å². The van der Waals surface area contributed by atoms with Gasteiger partial charge in [0.05, 0.1) is 6.42 Å². The quantitative estimate of drug-likeness (QED) is 0.835. The van der Waals surface area contributed by atoms with Gasteiger partial charge >= 0.3 is 0 Å². The summed E-state index contributed by atoms with van der Waals surface area (Å²) >= 11 is 0. The lowest BCUT2D eigenvalue weighted by Gasteiger charge is -2.16. The Labute approximate surface area is 94.7 Å². The first-order valence-electron chi connectivity index (χ1n) is 5.20. The summed E-state index contributed by atoms with van der Waals surface area (Å²) in [5.41, 5.74) is 1.93. The fourth-order valence-corrected chi connectivity index (χ4v) is 1.56. The Hall–Kier alpha value is -2.03. The van der Waals surface area contributed by atoms with Gasteiger partial charge in [0.15, 0.2) is 0 Å². The summed E-state index contributed by atoms with van der Waals surface area (Å²) in [6, 6.07) is 11.6. The van der Waals surface area contributed by atoms with Crippen LogP contribution in [0, 0.1) is 0 Å². The fourth-order valence-electron chi connectivity index (χ4n) is 1.56. The lowest BCUT2D eigenvalue weighted by Crippen LogP contribution is -2.27. The third-order valence-electron chi connectivity index (χ3n) is 2.54. The highest BCUT2D eigenvalue weighted by molar-refractivity contribution is 5.94. The van der Waals surface area contributed by atoms with Gasteiger partial charge in [-0.1, -0.05) is 18.2 Å². The number of nitrogens with one attached hydrogen (secondary N) is 1. The number of anilines is 1. The normalized spacial score (nSPS) is 10.1. The van der Waals surface area contributed by atoms with Gasteiger partial charge in [-0.3, -0.25) is 4.79 Å². The molecule has 1 amide bonds. The molecule has 0 saturated heterocycles. The van der Waals surface area contributed by atoms with Crippen LogP contribution in [0.1, 0.15) is 5.56 Å². The number of para-hydroxylation sites is 1. The number of aromatic nitrogens is 1. The van der Waals surface area contributed by atoms with Gasteiger partial charge in [-0.2, -0.15) is 0 Å². The molecule has 0 aliphatic rings. The lowest BCUT2D eigenvalue weighted by molar-refractivity contribution is -0.117. The Morgan fingerprint density at radius 1 is 1.25 bits per heavy atom. The van der Waals surface area contributed by atoms with Gasteiger partial charge in [-0.25, -0.2) is 0 Å². The molecule has 3 nitrogen and oxygen atoms in total. The predicted octanol–water partition coefficient (Wildman–Crippen LogP) is 2.22. The summed E-state index contributed by atoms with van der Waals surface area (Å²) in [4.78, 5) is 16.5. The molecule has 0 aliphatic heterocycles. The third kappa shape index (κ3) is 2.31. The predicted molar refractivity (Wildman–Crippen MR) is 64.3 cm³/mol. The Kier molecular flexibility index (Phi) is 3.05. The smallest absolute Gasteiger partial charge is 0.231 e. The van der Waals surface area contributed by atoms with Gasteiger partial charge in [-0.05, 0) is 23.8 Å². The minimum atomic E-state index is 0.0887. The van der Waals surface area contributed by atoms with E-state index in [1.165, 1.54) is 0 Å². The standard InChI is InChI=1S/C13H14N2O/c1-15(12-5-3-2-4-6-12)13(16)9-11-7-8-14-10-11/h2-8,10,14H,9H2,1H3. The van der Waals surface area contributed by atoms with Crippen LogP contribution in [0.25, 0.3) is 0 Å². The first-order valence-corrected chi connectivity index (χ1v) is 5.20. The van der Waals surface area contributed by atoms with E-state index in [1.54, 1.807) is 11.9 Å². The number of nitrogens with zero attached hydrogens (tertiary/aromatic N) is 1. The number of likely N-dealkylation sites (N-methyl/N-ethyl adjacent to an activating group) is 1. The lowest BCUT2D eigenvalue weighted by atomic mass is 10.2. The molecule has 16 heavy (non-hydrogen) atoms. The minimum Gasteiger partial charge on any atom is -0.367 e. The molecule has 2 aromatic rings. The van der Waals surface area contributed by atoms with Crippen LogP contribution in [0.2, 0.25) is 0 Å². The van der Waals surface area contributed by atoms with Gasteiger partial charge in [0.25, 0.3) is 0 Å². The zero-order valence-corrected chi connectivity index (χ0v) is 9.18. The maximum Gasteiger partial charge on any atom is 0.231 e. The van der Waals surface area contributed by atoms with Crippen molar-refractivity contribution < 1.29 is 4.79 Å². The highest BCUT2D eigenvalue weighted by Gasteiger charge is 2.10. The van der Waals surface area contributed by atoms with Crippen molar-refractivity contribution in [2.45, 2.75) is 6.42 Å². The monoisotopic (exact) mass is 214 g/mol. The number of carbonyl (C=O) groups is 1. The largest absolute Gasteiger partial charge is 0.367 e. The van der Waals surface area contributed by atoms with Gasteiger partial charge in [-0.15, -0.1) is 0 Å². The van der Waals surface area contributed by atoms with E-state index >= 15 is 0 Å². The van der Waals surface area contributed by atoms with Crippen molar-refractivity contribution in [3.63, 3.8) is 0 Å². The summed E-state index contributed by atoms with van der Waals surface area (Å²) in [7, 11) is 1.80. The Morgan fingerprint density at radius 3 is 2.62 bits per heavy atom. The van der Waals surface area contributed by atoms with E-state index in [2.05, 4.69) is 4.98 Å². The molecule has 82 valence electrons. The van der Waals surface area contributed by atoms with E-state index in [-0.39, 0.29) is 5.91 Å². The van der Waals surface area contributed by atoms with Gasteiger partial charge in [0.1, 0.15) is 0 Å². The minimum absolute atomic E-state index is 0.0887. The van der Waals surface area contributed by atoms with Crippen molar-refractivity contribution in [1.82, 2.24) is 4.98 Å². The highest BCUT2D eigenvalue weighted by Crippen LogP contribution is 2.12. The van der Waals surface area contributed by atoms with E-state index < -0.39 is 0 Å². The van der Waals surface area contributed by atoms with Crippen molar-refractivity contribution in [2.24, 2.45) is 0 Å². The molecule has 0 unspecified atom stereocenters. The summed E-state index contributed by atoms with van der Waals surface area (Å²) in [5, 5.41) is 0. The van der Waals surface area contributed by atoms with Crippen LogP contribution in [-0.2, 0) is 11.2 Å². The SMILES string of the molecule is CN(C(=O)Cc1cc[nH]c1)c1ccccc1. The summed E-state index contributed by atoms with van der Waals surface area (Å²) in [6.07, 6.45) is 4.09. The van der Waals surface area contributed by atoms with E-state index in [0.29, 0.717) is 6.42 Å². The third-order valence-corrected chi connectivity index (χ3v) is 2.54. The van der Waals surface area contributed by atoms with Crippen molar-refractivity contribution in [1.29, 1.82) is 0 Å². The Morgan fingerprint density at radius 2 is 2.00 bits per heavy atom. The molecule has 0 aliphatic carbocycles. The average Bonchev–Trinajstić information content (AvgIpc) is 2.82. The molecular formula is C13H14N2O. The van der Waals surface area contributed by atoms with E-state index in [4.69, 9.17) is 0 Å². The zero-order chi connectivity index (χ0) is 11.4. The Bertz CT molecular complexity index is 448. The Balaban J connectivity index is 2.05. The number of hydrogen-bond acceptors (Lipinski definition) is 1. The second kappa shape index (κ2) is 4.66. The number of benzene rings is 1. The van der Waals surface area contributed by atoms with E-state index in [1.807, 2.05) is 48.8 Å². The number of hydrogen-bond donors (Lipinski definition) is 1. The number of rotatable bonds is 3. The van der Waals surface area contributed by atoms with E-state index in [9.17, 15) is 4.79 Å². The average molecular weight is 214 g/mol. The molecule has 0 fully saturated rings. The maximum absolute atomic E-state index is 11.9. The topological polar surface area (TPSA) is 36.1 Å².